The molecule has 0 radical (unpaired) electrons. The summed E-state index contributed by atoms with van der Waals surface area (Å²) >= 11 is 0. The van der Waals surface area contributed by atoms with Crippen LogP contribution in [0.4, 0.5) is 0 Å². The number of hydrogen-bond donors (Lipinski definition) is 1. The quantitative estimate of drug-likeness (QED) is 0.697. The van der Waals surface area contributed by atoms with Crippen LogP contribution in [0.25, 0.3) is 0 Å². The topological polar surface area (TPSA) is 46.5 Å². The molecule has 3 heteroatoms. The summed E-state index contributed by atoms with van der Waals surface area (Å²) < 4.78 is 4.83. The molecule has 0 amide bonds. The van der Waals surface area contributed by atoms with Crippen molar-refractivity contribution in [2.24, 2.45) is 17.3 Å². The summed E-state index contributed by atoms with van der Waals surface area (Å²) in [6, 6.07) is 0. The first-order chi connectivity index (χ1) is 7.58. The van der Waals surface area contributed by atoms with Gasteiger partial charge >= 0.3 is 5.97 Å². The molecule has 1 N–H and O–H groups in total. The second-order valence-corrected chi connectivity index (χ2v) is 5.65. The van der Waals surface area contributed by atoms with Gasteiger partial charge in [0.15, 0.2) is 0 Å². The molecule has 3 nitrogen and oxygen atoms in total. The van der Waals surface area contributed by atoms with Gasteiger partial charge in [-0.2, -0.15) is 0 Å². The molecule has 0 aromatic heterocycles. The van der Waals surface area contributed by atoms with Crippen LogP contribution >= 0.6 is 0 Å². The summed E-state index contributed by atoms with van der Waals surface area (Å²) in [4.78, 5) is 11.6. The van der Waals surface area contributed by atoms with Gasteiger partial charge in [-0.1, -0.05) is 13.3 Å². The molecule has 0 aliphatic heterocycles. The zero-order valence-electron chi connectivity index (χ0n) is 10.2. The van der Waals surface area contributed by atoms with E-state index in [1.54, 1.807) is 0 Å². The number of hydrogen-bond acceptors (Lipinski definition) is 3. The van der Waals surface area contributed by atoms with E-state index >= 15 is 0 Å². The minimum atomic E-state index is -0.237. The van der Waals surface area contributed by atoms with Gasteiger partial charge < -0.3 is 9.84 Å². The van der Waals surface area contributed by atoms with Gasteiger partial charge in [-0.15, -0.1) is 0 Å². The van der Waals surface area contributed by atoms with Crippen molar-refractivity contribution in [1.82, 2.24) is 0 Å². The van der Waals surface area contributed by atoms with Crippen molar-refractivity contribution in [2.45, 2.75) is 51.6 Å². The number of carbonyl (C=O) groups excluding carboxylic acids is 1. The van der Waals surface area contributed by atoms with Crippen molar-refractivity contribution in [3.63, 3.8) is 0 Å². The molecule has 2 saturated carbocycles. The first-order valence-electron chi connectivity index (χ1n) is 6.34. The maximum absolute atomic E-state index is 11.6. The number of fused-ring (bicyclic) bond motifs is 1. The fraction of sp³-hybridized carbons (Fsp3) is 0.923. The Labute approximate surface area is 97.2 Å². The van der Waals surface area contributed by atoms with Gasteiger partial charge in [0.05, 0.1) is 19.1 Å². The largest absolute Gasteiger partial charge is 0.469 e. The minimum absolute atomic E-state index is 0.000926. The van der Waals surface area contributed by atoms with Crippen LogP contribution in [-0.2, 0) is 9.53 Å². The molecule has 0 bridgehead atoms. The van der Waals surface area contributed by atoms with Crippen molar-refractivity contribution in [3.05, 3.63) is 0 Å². The third kappa shape index (κ3) is 1.86. The van der Waals surface area contributed by atoms with Crippen LogP contribution in [0, 0.1) is 17.3 Å². The van der Waals surface area contributed by atoms with E-state index in [0.29, 0.717) is 5.92 Å². The lowest BCUT2D eigenvalue weighted by atomic mass is 9.57. The van der Waals surface area contributed by atoms with Crippen LogP contribution in [0.2, 0.25) is 0 Å². The van der Waals surface area contributed by atoms with Crippen molar-refractivity contribution in [2.75, 3.05) is 7.11 Å². The number of aliphatic hydroxyl groups excluding tert-OH is 1. The number of aliphatic hydroxyl groups is 1. The third-order valence-corrected chi connectivity index (χ3v) is 4.81. The smallest absolute Gasteiger partial charge is 0.308 e. The number of methoxy groups -OCH3 is 1. The fourth-order valence-corrected chi connectivity index (χ4v) is 3.67. The predicted molar refractivity (Wildman–Crippen MR) is 60.8 cm³/mol. The maximum atomic E-state index is 11.6. The fourth-order valence-electron chi connectivity index (χ4n) is 3.67. The van der Waals surface area contributed by atoms with Crippen molar-refractivity contribution < 1.29 is 14.6 Å². The van der Waals surface area contributed by atoms with Crippen LogP contribution in [-0.4, -0.2) is 24.3 Å². The molecule has 0 unspecified atom stereocenters. The van der Waals surface area contributed by atoms with Gasteiger partial charge in [0.25, 0.3) is 0 Å². The third-order valence-electron chi connectivity index (χ3n) is 4.81. The van der Waals surface area contributed by atoms with E-state index in [4.69, 9.17) is 4.74 Å². The second kappa shape index (κ2) is 4.36. The van der Waals surface area contributed by atoms with Gasteiger partial charge in [-0.3, -0.25) is 4.79 Å². The Morgan fingerprint density at radius 1 is 1.31 bits per heavy atom. The van der Waals surface area contributed by atoms with E-state index in [-0.39, 0.29) is 23.4 Å². The molecule has 2 fully saturated rings. The van der Waals surface area contributed by atoms with E-state index < -0.39 is 0 Å². The summed E-state index contributed by atoms with van der Waals surface area (Å²) in [5.41, 5.74) is -0.0602. The van der Waals surface area contributed by atoms with Crippen molar-refractivity contribution in [3.8, 4) is 0 Å². The van der Waals surface area contributed by atoms with Crippen molar-refractivity contribution in [1.29, 1.82) is 0 Å². The van der Waals surface area contributed by atoms with Gasteiger partial charge in [0.1, 0.15) is 0 Å². The molecule has 16 heavy (non-hydrogen) atoms. The monoisotopic (exact) mass is 226 g/mol. The number of rotatable bonds is 1. The van der Waals surface area contributed by atoms with Crippen LogP contribution in [0.15, 0.2) is 0 Å². The maximum Gasteiger partial charge on any atom is 0.308 e. The predicted octanol–water partition coefficient (Wildman–Crippen LogP) is 2.13. The Hall–Kier alpha value is -0.570. The van der Waals surface area contributed by atoms with Gasteiger partial charge in [0.2, 0.25) is 0 Å². The van der Waals surface area contributed by atoms with E-state index in [0.717, 1.165) is 32.1 Å². The average molecular weight is 226 g/mol. The van der Waals surface area contributed by atoms with Crippen LogP contribution in [0.5, 0.6) is 0 Å². The Balaban J connectivity index is 2.11. The molecule has 92 valence electrons. The first-order valence-corrected chi connectivity index (χ1v) is 6.34. The molecule has 0 heterocycles. The summed E-state index contributed by atoms with van der Waals surface area (Å²) in [6.45, 7) is 2.15. The highest BCUT2D eigenvalue weighted by Gasteiger charge is 2.48. The summed E-state index contributed by atoms with van der Waals surface area (Å²) in [5.74, 6) is 0.494. The van der Waals surface area contributed by atoms with Crippen molar-refractivity contribution >= 4 is 5.97 Å². The molecule has 2 rings (SSSR count). The molecule has 0 saturated heterocycles. The Morgan fingerprint density at radius 3 is 2.75 bits per heavy atom. The van der Waals surface area contributed by atoms with E-state index in [1.807, 2.05) is 0 Å². The highest BCUT2D eigenvalue weighted by atomic mass is 16.5. The lowest BCUT2D eigenvalue weighted by Crippen LogP contribution is -2.47. The second-order valence-electron chi connectivity index (χ2n) is 5.65. The van der Waals surface area contributed by atoms with Crippen LogP contribution in [0.1, 0.15) is 45.4 Å². The van der Waals surface area contributed by atoms with E-state index in [2.05, 4.69) is 6.92 Å². The molecule has 0 aromatic rings. The normalized spacial score (nSPS) is 43.6. The van der Waals surface area contributed by atoms with Gasteiger partial charge in [0, 0.05) is 0 Å². The molecule has 4 atom stereocenters. The van der Waals surface area contributed by atoms with E-state index in [1.165, 1.54) is 13.5 Å². The molecular weight excluding hydrogens is 204 g/mol. The Bertz CT molecular complexity index is 276. The molecular formula is C13H22O3. The summed E-state index contributed by atoms with van der Waals surface area (Å²) in [7, 11) is 1.45. The number of ether oxygens (including phenoxy) is 1. The average Bonchev–Trinajstić information content (AvgIpc) is 2.29. The minimum Gasteiger partial charge on any atom is -0.469 e. The highest BCUT2D eigenvalue weighted by Crippen LogP contribution is 2.51. The molecule has 0 aromatic carbocycles. The first kappa shape index (κ1) is 11.9. The zero-order valence-corrected chi connectivity index (χ0v) is 10.2. The zero-order chi connectivity index (χ0) is 11.8. The summed E-state index contributed by atoms with van der Waals surface area (Å²) in [6.07, 6.45) is 5.78. The lowest BCUT2D eigenvalue weighted by Gasteiger charge is -2.50. The SMILES string of the molecule is COC(=O)[C@@H]1CC[C@H]2CCC[C@@H](O)[C@@]2(C)C1. The number of esters is 1. The van der Waals surface area contributed by atoms with Gasteiger partial charge in [-0.05, 0) is 43.4 Å². The molecule has 2 aliphatic rings. The Kier molecular flexibility index (Phi) is 3.24. The number of carbonyl (C=O) groups is 1. The van der Waals surface area contributed by atoms with Gasteiger partial charge in [-0.25, -0.2) is 0 Å². The van der Waals surface area contributed by atoms with E-state index in [9.17, 15) is 9.90 Å². The molecule has 0 spiro atoms. The molecule has 2 aliphatic carbocycles. The summed E-state index contributed by atoms with van der Waals surface area (Å²) in [5, 5.41) is 10.2. The lowest BCUT2D eigenvalue weighted by molar-refractivity contribution is -0.153. The highest BCUT2D eigenvalue weighted by molar-refractivity contribution is 5.72. The van der Waals surface area contributed by atoms with Crippen LogP contribution in [0.3, 0.4) is 0 Å². The standard InChI is InChI=1S/C13H22O3/c1-13-8-9(12(15)16-2)6-7-10(13)4-3-5-11(13)14/h9-11,14H,3-8H2,1-2H3/t9-,10-,11-,13+/m1/s1. The van der Waals surface area contributed by atoms with Crippen LogP contribution < -0.4 is 0 Å². The Morgan fingerprint density at radius 2 is 2.06 bits per heavy atom.